The molecular weight excluding hydrogens is 228 g/mol. The van der Waals surface area contributed by atoms with Crippen LogP contribution in [-0.4, -0.2) is 20.6 Å². The van der Waals surface area contributed by atoms with Gasteiger partial charge in [-0.05, 0) is 24.2 Å². The molecule has 1 aromatic rings. The smallest absolute Gasteiger partial charge is 0.356 e. The average molecular weight is 250 g/mol. The maximum absolute atomic E-state index is 11.3. The van der Waals surface area contributed by atoms with Gasteiger partial charge in [0.1, 0.15) is 5.82 Å². The zero-order valence-electron chi connectivity index (χ0n) is 11.7. The third-order valence-corrected chi connectivity index (χ3v) is 3.46. The van der Waals surface area contributed by atoms with E-state index < -0.39 is 5.97 Å². The van der Waals surface area contributed by atoms with E-state index in [1.807, 2.05) is 0 Å². The van der Waals surface area contributed by atoms with E-state index in [1.54, 1.807) is 0 Å². The first-order valence-electron chi connectivity index (χ1n) is 6.62. The molecule has 0 bridgehead atoms. The molecule has 1 aliphatic rings. The molecule has 0 saturated carbocycles. The molecule has 1 aliphatic heterocycles. The van der Waals surface area contributed by atoms with Crippen molar-refractivity contribution in [2.45, 2.75) is 59.4 Å². The Labute approximate surface area is 108 Å². The lowest BCUT2D eigenvalue weighted by molar-refractivity contribution is 0.0688. The van der Waals surface area contributed by atoms with Gasteiger partial charge in [0.05, 0.1) is 5.69 Å². The molecule has 0 radical (unpaired) electrons. The molecule has 0 fully saturated rings. The molecule has 4 nitrogen and oxygen atoms in total. The van der Waals surface area contributed by atoms with Gasteiger partial charge in [-0.15, -0.1) is 0 Å². The van der Waals surface area contributed by atoms with Gasteiger partial charge < -0.3 is 9.67 Å². The summed E-state index contributed by atoms with van der Waals surface area (Å²) >= 11 is 0. The van der Waals surface area contributed by atoms with Gasteiger partial charge >= 0.3 is 5.97 Å². The van der Waals surface area contributed by atoms with E-state index in [4.69, 9.17) is 0 Å². The van der Waals surface area contributed by atoms with Gasteiger partial charge in [0.15, 0.2) is 5.69 Å². The van der Waals surface area contributed by atoms with Gasteiger partial charge in [0, 0.05) is 13.0 Å². The fourth-order valence-corrected chi connectivity index (χ4v) is 2.72. The van der Waals surface area contributed by atoms with E-state index in [0.717, 1.165) is 37.3 Å². The highest BCUT2D eigenvalue weighted by molar-refractivity contribution is 5.87. The van der Waals surface area contributed by atoms with Crippen LogP contribution in [0.4, 0.5) is 0 Å². The molecule has 1 unspecified atom stereocenters. The summed E-state index contributed by atoms with van der Waals surface area (Å²) in [5.74, 6) is 0.333. The van der Waals surface area contributed by atoms with Crippen molar-refractivity contribution in [1.29, 1.82) is 0 Å². The molecule has 1 aromatic heterocycles. The molecule has 4 heteroatoms. The first-order valence-corrected chi connectivity index (χ1v) is 6.62. The van der Waals surface area contributed by atoms with Gasteiger partial charge in [-0.2, -0.15) is 0 Å². The molecular formula is C14H22N2O2. The second kappa shape index (κ2) is 4.41. The van der Waals surface area contributed by atoms with Crippen molar-refractivity contribution in [2.75, 3.05) is 0 Å². The number of aromatic nitrogens is 2. The summed E-state index contributed by atoms with van der Waals surface area (Å²) in [6.45, 7) is 9.47. The molecule has 0 amide bonds. The Morgan fingerprint density at radius 2 is 2.17 bits per heavy atom. The van der Waals surface area contributed by atoms with Gasteiger partial charge in [-0.3, -0.25) is 0 Å². The lowest BCUT2D eigenvalue weighted by Crippen LogP contribution is -2.20. The summed E-state index contributed by atoms with van der Waals surface area (Å²) in [4.78, 5) is 15.7. The number of aromatic carboxylic acids is 1. The molecule has 0 saturated heterocycles. The monoisotopic (exact) mass is 250 g/mol. The second-order valence-corrected chi connectivity index (χ2v) is 6.50. The Bertz CT molecular complexity index is 469. The standard InChI is InChI=1S/C14H22N2O2/c1-9-6-5-7-16-10(8-14(2,3)4)15-11(12(9)16)13(17)18/h9H,5-8H2,1-4H3,(H,17,18). The van der Waals surface area contributed by atoms with Gasteiger partial charge in [0.25, 0.3) is 0 Å². The minimum absolute atomic E-state index is 0.124. The van der Waals surface area contributed by atoms with Crippen molar-refractivity contribution in [3.63, 3.8) is 0 Å². The first kappa shape index (κ1) is 13.1. The average Bonchev–Trinajstić information content (AvgIpc) is 2.56. The molecule has 2 heterocycles. The van der Waals surface area contributed by atoms with Gasteiger partial charge in [-0.25, -0.2) is 9.78 Å². The van der Waals surface area contributed by atoms with Crippen molar-refractivity contribution < 1.29 is 9.90 Å². The summed E-state index contributed by atoms with van der Waals surface area (Å²) in [6, 6.07) is 0. The Kier molecular flexibility index (Phi) is 3.21. The van der Waals surface area contributed by atoms with E-state index in [0.29, 0.717) is 5.92 Å². The van der Waals surface area contributed by atoms with Crippen LogP contribution in [0.1, 0.15) is 68.5 Å². The maximum Gasteiger partial charge on any atom is 0.356 e. The zero-order chi connectivity index (χ0) is 13.5. The summed E-state index contributed by atoms with van der Waals surface area (Å²) in [5, 5.41) is 9.29. The number of imidazole rings is 1. The number of hydrogen-bond donors (Lipinski definition) is 1. The lowest BCUT2D eigenvalue weighted by Gasteiger charge is -2.25. The molecule has 1 atom stereocenters. The van der Waals surface area contributed by atoms with Crippen LogP contribution in [0.3, 0.4) is 0 Å². The molecule has 2 rings (SSSR count). The van der Waals surface area contributed by atoms with E-state index in [9.17, 15) is 9.90 Å². The predicted molar refractivity (Wildman–Crippen MR) is 70.0 cm³/mol. The largest absolute Gasteiger partial charge is 0.476 e. The van der Waals surface area contributed by atoms with Crippen LogP contribution in [0.25, 0.3) is 0 Å². The van der Waals surface area contributed by atoms with Gasteiger partial charge in [0.2, 0.25) is 0 Å². The Morgan fingerprint density at radius 1 is 1.50 bits per heavy atom. The van der Waals surface area contributed by atoms with E-state index in [2.05, 4.69) is 37.2 Å². The van der Waals surface area contributed by atoms with Crippen LogP contribution in [-0.2, 0) is 13.0 Å². The van der Waals surface area contributed by atoms with Crippen LogP contribution >= 0.6 is 0 Å². The van der Waals surface area contributed by atoms with Crippen molar-refractivity contribution in [2.24, 2.45) is 5.41 Å². The Balaban J connectivity index is 2.49. The number of carbonyl (C=O) groups is 1. The Morgan fingerprint density at radius 3 is 2.72 bits per heavy atom. The number of carboxylic acid groups (broad SMARTS) is 1. The normalized spacial score (nSPS) is 19.7. The van der Waals surface area contributed by atoms with E-state index in [1.165, 1.54) is 0 Å². The number of fused-ring (bicyclic) bond motifs is 1. The highest BCUT2D eigenvalue weighted by Crippen LogP contribution is 2.32. The Hall–Kier alpha value is -1.32. The molecule has 18 heavy (non-hydrogen) atoms. The third kappa shape index (κ3) is 2.42. The van der Waals surface area contributed by atoms with E-state index >= 15 is 0 Å². The SMILES string of the molecule is CC1CCCn2c(CC(C)(C)C)nc(C(=O)O)c21. The summed E-state index contributed by atoms with van der Waals surface area (Å²) in [7, 11) is 0. The molecule has 0 aliphatic carbocycles. The number of nitrogens with zero attached hydrogens (tertiary/aromatic N) is 2. The lowest BCUT2D eigenvalue weighted by atomic mass is 9.91. The first-order chi connectivity index (χ1) is 8.29. The van der Waals surface area contributed by atoms with Crippen molar-refractivity contribution in [3.8, 4) is 0 Å². The second-order valence-electron chi connectivity index (χ2n) is 6.50. The maximum atomic E-state index is 11.3. The topological polar surface area (TPSA) is 55.1 Å². The van der Waals surface area contributed by atoms with Crippen LogP contribution in [0.5, 0.6) is 0 Å². The van der Waals surface area contributed by atoms with Crippen LogP contribution in [0.2, 0.25) is 0 Å². The highest BCUT2D eigenvalue weighted by Gasteiger charge is 2.29. The minimum atomic E-state index is -0.896. The van der Waals surface area contributed by atoms with Gasteiger partial charge in [-0.1, -0.05) is 27.7 Å². The number of hydrogen-bond acceptors (Lipinski definition) is 2. The zero-order valence-corrected chi connectivity index (χ0v) is 11.7. The highest BCUT2D eigenvalue weighted by atomic mass is 16.4. The molecule has 1 N–H and O–H groups in total. The molecule has 0 spiro atoms. The number of carboxylic acids is 1. The molecule has 0 aromatic carbocycles. The fourth-order valence-electron chi connectivity index (χ4n) is 2.72. The number of rotatable bonds is 2. The summed E-state index contributed by atoms with van der Waals surface area (Å²) in [6.07, 6.45) is 2.99. The molecule has 100 valence electrons. The fraction of sp³-hybridized carbons (Fsp3) is 0.714. The summed E-state index contributed by atoms with van der Waals surface area (Å²) in [5.41, 5.74) is 1.31. The third-order valence-electron chi connectivity index (χ3n) is 3.46. The van der Waals surface area contributed by atoms with Crippen LogP contribution in [0.15, 0.2) is 0 Å². The van der Waals surface area contributed by atoms with Crippen LogP contribution < -0.4 is 0 Å². The van der Waals surface area contributed by atoms with Crippen molar-refractivity contribution >= 4 is 5.97 Å². The van der Waals surface area contributed by atoms with E-state index in [-0.39, 0.29) is 11.1 Å². The van der Waals surface area contributed by atoms with Crippen molar-refractivity contribution in [3.05, 3.63) is 17.2 Å². The van der Waals surface area contributed by atoms with Crippen LogP contribution in [0, 0.1) is 5.41 Å². The summed E-state index contributed by atoms with van der Waals surface area (Å²) < 4.78 is 2.14. The van der Waals surface area contributed by atoms with Crippen molar-refractivity contribution in [1.82, 2.24) is 9.55 Å². The predicted octanol–water partition coefficient (Wildman–Crippen LogP) is 3.07. The minimum Gasteiger partial charge on any atom is -0.476 e. The quantitative estimate of drug-likeness (QED) is 0.877.